The molecule has 1 aliphatic heterocycles. The summed E-state index contributed by atoms with van der Waals surface area (Å²) in [4.78, 5) is 10.8. The maximum Gasteiger partial charge on any atom is 0.311 e. The Labute approximate surface area is 67.5 Å². The molecule has 1 N–H and O–H groups in total. The number of hydrogen-bond acceptors (Lipinski definition) is 3. The summed E-state index contributed by atoms with van der Waals surface area (Å²) in [5.41, 5.74) is 0. The van der Waals surface area contributed by atoms with E-state index in [9.17, 15) is 9.90 Å². The summed E-state index contributed by atoms with van der Waals surface area (Å²) in [6.07, 6.45) is -1.01. The minimum atomic E-state index is -0.646. The minimum Gasteiger partial charge on any atom is -0.458 e. The molecule has 0 aliphatic carbocycles. The Bertz CT molecular complexity index is 148. The molecule has 0 spiro atoms. The Morgan fingerprint density at radius 1 is 1.80 bits per heavy atom. The maximum absolute atomic E-state index is 10.8. The number of carbonyl (C=O) groups is 1. The lowest BCUT2D eigenvalue weighted by atomic mass is 10.1. The smallest absolute Gasteiger partial charge is 0.311 e. The van der Waals surface area contributed by atoms with E-state index in [0.717, 1.165) is 0 Å². The first-order valence-electron chi connectivity index (χ1n) is 3.11. The van der Waals surface area contributed by atoms with Crippen molar-refractivity contribution in [2.45, 2.75) is 19.1 Å². The van der Waals surface area contributed by atoms with E-state index < -0.39 is 6.10 Å². The van der Waals surface area contributed by atoms with Gasteiger partial charge in [-0.2, -0.15) is 0 Å². The Hall–Kier alpha value is -0.0900. The molecule has 58 valence electrons. The molecule has 10 heavy (non-hydrogen) atoms. The number of aliphatic hydroxyl groups excluding tert-OH is 1. The van der Waals surface area contributed by atoms with Crippen molar-refractivity contribution < 1.29 is 14.6 Å². The zero-order chi connectivity index (χ0) is 7.72. The van der Waals surface area contributed by atoms with Gasteiger partial charge in [-0.3, -0.25) is 4.79 Å². The van der Waals surface area contributed by atoms with E-state index in [2.05, 4.69) is 15.9 Å². The van der Waals surface area contributed by atoms with Crippen molar-refractivity contribution in [1.29, 1.82) is 0 Å². The average molecular weight is 209 g/mol. The number of hydrogen-bond donors (Lipinski definition) is 1. The normalized spacial score (nSPS) is 39.9. The van der Waals surface area contributed by atoms with Gasteiger partial charge in [0, 0.05) is 5.33 Å². The van der Waals surface area contributed by atoms with Crippen molar-refractivity contribution in [1.82, 2.24) is 0 Å². The van der Waals surface area contributed by atoms with Crippen molar-refractivity contribution in [3.63, 3.8) is 0 Å². The van der Waals surface area contributed by atoms with Crippen LogP contribution in [0.3, 0.4) is 0 Å². The molecule has 0 aromatic heterocycles. The number of cyclic esters (lactones) is 1. The Morgan fingerprint density at radius 3 is 2.60 bits per heavy atom. The quantitative estimate of drug-likeness (QED) is 0.499. The first-order chi connectivity index (χ1) is 4.66. The number of ether oxygens (including phenoxy) is 1. The highest BCUT2D eigenvalue weighted by Crippen LogP contribution is 2.22. The third-order valence-electron chi connectivity index (χ3n) is 1.68. The largest absolute Gasteiger partial charge is 0.458 e. The van der Waals surface area contributed by atoms with Gasteiger partial charge in [0.1, 0.15) is 12.2 Å². The van der Waals surface area contributed by atoms with Crippen molar-refractivity contribution in [2.75, 3.05) is 5.33 Å². The second-order valence-electron chi connectivity index (χ2n) is 2.41. The van der Waals surface area contributed by atoms with Crippen LogP contribution in [0.25, 0.3) is 0 Å². The van der Waals surface area contributed by atoms with Crippen LogP contribution in [-0.2, 0) is 9.53 Å². The monoisotopic (exact) mass is 208 g/mol. The van der Waals surface area contributed by atoms with Crippen LogP contribution in [-0.4, -0.2) is 28.6 Å². The van der Waals surface area contributed by atoms with Crippen LogP contribution in [0, 0.1) is 5.92 Å². The molecule has 3 nitrogen and oxygen atoms in total. The minimum absolute atomic E-state index is 0.308. The fourth-order valence-electron chi connectivity index (χ4n) is 0.910. The lowest BCUT2D eigenvalue weighted by Crippen LogP contribution is -2.26. The Morgan fingerprint density at radius 2 is 2.40 bits per heavy atom. The van der Waals surface area contributed by atoms with Gasteiger partial charge in [-0.15, -0.1) is 0 Å². The van der Waals surface area contributed by atoms with E-state index in [4.69, 9.17) is 4.74 Å². The molecule has 1 fully saturated rings. The number of alkyl halides is 1. The third-order valence-corrected chi connectivity index (χ3v) is 2.32. The van der Waals surface area contributed by atoms with Crippen LogP contribution in [0.1, 0.15) is 6.92 Å². The van der Waals surface area contributed by atoms with Crippen LogP contribution in [0.15, 0.2) is 0 Å². The topological polar surface area (TPSA) is 46.5 Å². The number of aliphatic hydroxyl groups is 1. The van der Waals surface area contributed by atoms with Crippen molar-refractivity contribution in [2.24, 2.45) is 5.92 Å². The predicted octanol–water partition coefficient (Wildman–Crippen LogP) is 0.304. The molecular formula is C6H9BrO3. The first kappa shape index (κ1) is 8.01. The van der Waals surface area contributed by atoms with E-state index in [1.807, 2.05) is 0 Å². The summed E-state index contributed by atoms with van der Waals surface area (Å²) < 4.78 is 4.80. The highest BCUT2D eigenvalue weighted by Gasteiger charge is 2.39. The molecular weight excluding hydrogens is 200 g/mol. The fourth-order valence-corrected chi connectivity index (χ4v) is 1.43. The predicted molar refractivity (Wildman–Crippen MR) is 38.8 cm³/mol. The second kappa shape index (κ2) is 2.88. The van der Waals surface area contributed by atoms with Gasteiger partial charge in [0.05, 0.1) is 5.92 Å². The van der Waals surface area contributed by atoms with Crippen LogP contribution < -0.4 is 0 Å². The number of halogens is 1. The van der Waals surface area contributed by atoms with E-state index in [1.54, 1.807) is 6.92 Å². The first-order valence-corrected chi connectivity index (χ1v) is 4.23. The highest BCUT2D eigenvalue weighted by molar-refractivity contribution is 9.09. The van der Waals surface area contributed by atoms with Gasteiger partial charge in [-0.25, -0.2) is 0 Å². The SMILES string of the molecule is C[C@@H]1C(=O)O[C@@H](CBr)[C@H]1O. The second-order valence-corrected chi connectivity index (χ2v) is 3.06. The van der Waals surface area contributed by atoms with Gasteiger partial charge >= 0.3 is 5.97 Å². The summed E-state index contributed by atoms with van der Waals surface area (Å²) in [7, 11) is 0. The van der Waals surface area contributed by atoms with E-state index in [-0.39, 0.29) is 18.0 Å². The molecule has 1 rings (SSSR count). The summed E-state index contributed by atoms with van der Waals surface area (Å²) in [5.74, 6) is -0.681. The summed E-state index contributed by atoms with van der Waals surface area (Å²) in [6.45, 7) is 1.66. The molecule has 1 heterocycles. The lowest BCUT2D eigenvalue weighted by Gasteiger charge is -2.08. The van der Waals surface area contributed by atoms with Crippen LogP contribution in [0.5, 0.6) is 0 Å². The van der Waals surface area contributed by atoms with Gasteiger partial charge in [0.15, 0.2) is 0 Å². The van der Waals surface area contributed by atoms with Crippen molar-refractivity contribution >= 4 is 21.9 Å². The molecule has 0 aromatic rings. The van der Waals surface area contributed by atoms with Gasteiger partial charge in [-0.1, -0.05) is 15.9 Å². The van der Waals surface area contributed by atoms with Crippen LogP contribution in [0.4, 0.5) is 0 Å². The Balaban J connectivity index is 2.61. The molecule has 0 aromatic carbocycles. The summed E-state index contributed by atoms with van der Waals surface area (Å²) in [6, 6.07) is 0. The molecule has 3 atom stereocenters. The third kappa shape index (κ3) is 1.18. The fraction of sp³-hybridized carbons (Fsp3) is 0.833. The molecule has 4 heteroatoms. The zero-order valence-corrected chi connectivity index (χ0v) is 7.17. The highest BCUT2D eigenvalue weighted by atomic mass is 79.9. The number of carbonyl (C=O) groups excluding carboxylic acids is 1. The Kier molecular flexibility index (Phi) is 2.31. The van der Waals surface area contributed by atoms with Crippen LogP contribution >= 0.6 is 15.9 Å². The molecule has 0 saturated carbocycles. The average Bonchev–Trinajstić information content (AvgIpc) is 2.17. The van der Waals surface area contributed by atoms with Crippen molar-refractivity contribution in [3.8, 4) is 0 Å². The summed E-state index contributed by atoms with van der Waals surface area (Å²) in [5, 5.41) is 9.76. The van der Waals surface area contributed by atoms with Gasteiger partial charge < -0.3 is 9.84 Å². The molecule has 1 aliphatic rings. The molecule has 0 bridgehead atoms. The van der Waals surface area contributed by atoms with E-state index >= 15 is 0 Å². The number of rotatable bonds is 1. The van der Waals surface area contributed by atoms with Crippen LogP contribution in [0.2, 0.25) is 0 Å². The van der Waals surface area contributed by atoms with Gasteiger partial charge in [0.25, 0.3) is 0 Å². The zero-order valence-electron chi connectivity index (χ0n) is 5.58. The molecule has 0 radical (unpaired) electrons. The van der Waals surface area contributed by atoms with Gasteiger partial charge in [-0.05, 0) is 6.92 Å². The summed E-state index contributed by atoms with van der Waals surface area (Å²) >= 11 is 3.13. The molecule has 1 saturated heterocycles. The van der Waals surface area contributed by atoms with E-state index in [0.29, 0.717) is 5.33 Å². The maximum atomic E-state index is 10.8. The standard InChI is InChI=1S/C6H9BrO3/c1-3-5(8)4(2-7)10-6(3)9/h3-5,8H,2H2,1H3/t3-,4-,5-/m0/s1. The van der Waals surface area contributed by atoms with E-state index in [1.165, 1.54) is 0 Å². The van der Waals surface area contributed by atoms with Gasteiger partial charge in [0.2, 0.25) is 0 Å². The molecule has 0 unspecified atom stereocenters. The lowest BCUT2D eigenvalue weighted by molar-refractivity contribution is -0.143. The molecule has 0 amide bonds. The van der Waals surface area contributed by atoms with Crippen molar-refractivity contribution in [3.05, 3.63) is 0 Å². The number of esters is 1.